The second-order valence-electron chi connectivity index (χ2n) is 14.6. The van der Waals surface area contributed by atoms with Crippen LogP contribution < -0.4 is 20.7 Å². The van der Waals surface area contributed by atoms with Crippen LogP contribution in [0.2, 0.25) is 0 Å². The Labute approximate surface area is 339 Å². The predicted octanol–water partition coefficient (Wildman–Crippen LogP) is 6.10. The van der Waals surface area contributed by atoms with E-state index in [2.05, 4.69) is 0 Å². The summed E-state index contributed by atoms with van der Waals surface area (Å²) < 4.78 is 64.5. The van der Waals surface area contributed by atoms with Crippen molar-refractivity contribution in [3.8, 4) is 11.5 Å². The second-order valence-corrected chi connectivity index (χ2v) is 16.2. The molecule has 17 heteroatoms. The van der Waals surface area contributed by atoms with Gasteiger partial charge in [-0.25, -0.2) is 9.59 Å². The quantitative estimate of drug-likeness (QED) is 0.0573. The van der Waals surface area contributed by atoms with Gasteiger partial charge in [-0.05, 0) is 80.8 Å². The average Bonchev–Trinajstić information content (AvgIpc) is 3.60. The lowest BCUT2D eigenvalue weighted by Gasteiger charge is -2.37. The van der Waals surface area contributed by atoms with Crippen molar-refractivity contribution in [2.75, 3.05) is 20.8 Å². The number of nitrogens with zero attached hydrogens (tertiary/aromatic N) is 3. The number of nitro benzene ring substituents is 1. The van der Waals surface area contributed by atoms with E-state index in [-0.39, 0.29) is 29.2 Å². The summed E-state index contributed by atoms with van der Waals surface area (Å²) in [5, 5.41) is 11.3. The van der Waals surface area contributed by atoms with Crippen LogP contribution in [-0.2, 0) is 34.1 Å². The SMILES string of the molecule is COc1ccc(C(OC[C@H]2O[C@@H](n3cc(C)c(=O)n(C(=O)OC(C)(C)C)c3=O)C[C@@H]2OS(=O)(=O)c2ccc([N+](=O)[O-])cc2)(c2ccccc2)c2ccc(OC)cc2)cc1. The van der Waals surface area contributed by atoms with Crippen LogP contribution in [0, 0.1) is 17.0 Å². The molecule has 0 aliphatic carbocycles. The first-order chi connectivity index (χ1) is 28.0. The Hall–Kier alpha value is -6.14. The van der Waals surface area contributed by atoms with E-state index >= 15 is 0 Å². The van der Waals surface area contributed by atoms with Crippen LogP contribution in [0.15, 0.2) is 124 Å². The van der Waals surface area contributed by atoms with Crippen molar-refractivity contribution in [3.05, 3.63) is 163 Å². The number of hydrogen-bond donors (Lipinski definition) is 0. The molecule has 0 bridgehead atoms. The fourth-order valence-corrected chi connectivity index (χ4v) is 7.84. The maximum atomic E-state index is 13.9. The molecule has 59 heavy (non-hydrogen) atoms. The Morgan fingerprint density at radius 1 is 0.847 bits per heavy atom. The number of hydrogen-bond acceptors (Lipinski definition) is 13. The van der Waals surface area contributed by atoms with Gasteiger partial charge in [-0.1, -0.05) is 54.6 Å². The van der Waals surface area contributed by atoms with Crippen LogP contribution in [-0.4, -0.2) is 67.2 Å². The molecule has 1 fully saturated rings. The molecule has 16 nitrogen and oxygen atoms in total. The summed E-state index contributed by atoms with van der Waals surface area (Å²) in [6.45, 7) is 5.80. The van der Waals surface area contributed by atoms with Gasteiger partial charge in [0, 0.05) is 30.3 Å². The molecule has 0 unspecified atom stereocenters. The number of carbonyl (C=O) groups excluding carboxylic acids is 1. The van der Waals surface area contributed by atoms with Gasteiger partial charge in [0.25, 0.3) is 21.4 Å². The average molecular weight is 830 g/mol. The number of benzene rings is 4. The highest BCUT2D eigenvalue weighted by atomic mass is 32.2. The summed E-state index contributed by atoms with van der Waals surface area (Å²) in [7, 11) is -1.53. The van der Waals surface area contributed by atoms with E-state index in [9.17, 15) is 32.9 Å². The third-order valence-corrected chi connectivity index (χ3v) is 10.9. The van der Waals surface area contributed by atoms with Crippen LogP contribution >= 0.6 is 0 Å². The number of non-ortho nitro benzene ring substituents is 1. The zero-order valence-corrected chi connectivity index (χ0v) is 33.9. The number of methoxy groups -OCH3 is 2. The first kappa shape index (κ1) is 42.5. The fourth-order valence-electron chi connectivity index (χ4n) is 6.73. The molecule has 0 spiro atoms. The highest BCUT2D eigenvalue weighted by Gasteiger charge is 2.45. The van der Waals surface area contributed by atoms with Crippen molar-refractivity contribution in [1.29, 1.82) is 0 Å². The Kier molecular flexibility index (Phi) is 12.2. The van der Waals surface area contributed by atoms with E-state index in [0.717, 1.165) is 28.8 Å². The van der Waals surface area contributed by atoms with Gasteiger partial charge < -0.3 is 23.7 Å². The summed E-state index contributed by atoms with van der Waals surface area (Å²) in [6, 6.07) is 27.9. The highest BCUT2D eigenvalue weighted by Crippen LogP contribution is 2.43. The van der Waals surface area contributed by atoms with Crippen molar-refractivity contribution < 1.29 is 46.0 Å². The Bertz CT molecular complexity index is 2480. The maximum absolute atomic E-state index is 13.9. The van der Waals surface area contributed by atoms with Crippen molar-refractivity contribution in [2.45, 2.75) is 68.6 Å². The zero-order valence-electron chi connectivity index (χ0n) is 33.1. The van der Waals surface area contributed by atoms with E-state index < -0.39 is 62.0 Å². The van der Waals surface area contributed by atoms with Crippen LogP contribution in [0.3, 0.4) is 0 Å². The van der Waals surface area contributed by atoms with Gasteiger partial charge in [-0.2, -0.15) is 13.0 Å². The first-order valence-corrected chi connectivity index (χ1v) is 19.8. The predicted molar refractivity (Wildman–Crippen MR) is 213 cm³/mol. The Balaban J connectivity index is 1.46. The molecule has 5 aromatic rings. The molecule has 310 valence electrons. The summed E-state index contributed by atoms with van der Waals surface area (Å²) in [5.41, 5.74) is -2.73. The molecular weight excluding hydrogens is 787 g/mol. The summed E-state index contributed by atoms with van der Waals surface area (Å²) in [5.74, 6) is 1.18. The second kappa shape index (κ2) is 17.0. The van der Waals surface area contributed by atoms with Gasteiger partial charge in [0.05, 0.1) is 30.6 Å². The first-order valence-electron chi connectivity index (χ1n) is 18.4. The van der Waals surface area contributed by atoms with Gasteiger partial charge in [0.15, 0.2) is 0 Å². The minimum Gasteiger partial charge on any atom is -0.497 e. The third kappa shape index (κ3) is 8.97. The normalized spacial score (nSPS) is 17.0. The van der Waals surface area contributed by atoms with Gasteiger partial charge >= 0.3 is 11.8 Å². The van der Waals surface area contributed by atoms with Gasteiger partial charge in [0.2, 0.25) is 0 Å². The standard InChI is InChI=1S/C42H43N3O13S/c1-27-25-43(39(47)44(38(27)46)40(48)57-41(2,3)4)37-24-35(58-59(51,52)34-22-16-31(17-23-34)45(49)50)36(56-37)26-55-42(28-10-8-7-9-11-28,29-12-18-32(53-5)19-13-29)30-14-20-33(54-6)21-15-30/h7-23,25,35-37H,24,26H2,1-6H3/t35-,36+,37+/m0/s1. The van der Waals surface area contributed by atoms with Crippen molar-refractivity contribution >= 4 is 21.9 Å². The molecule has 1 aliphatic rings. The Morgan fingerprint density at radius 2 is 1.39 bits per heavy atom. The molecule has 6 rings (SSSR count). The molecule has 1 aromatic heterocycles. The van der Waals surface area contributed by atoms with E-state index in [4.69, 9.17) is 27.9 Å². The Morgan fingerprint density at radius 3 is 1.90 bits per heavy atom. The van der Waals surface area contributed by atoms with E-state index in [1.807, 2.05) is 54.6 Å². The lowest BCUT2D eigenvalue weighted by Crippen LogP contribution is -2.47. The monoisotopic (exact) mass is 829 g/mol. The minimum atomic E-state index is -4.62. The molecule has 0 amide bonds. The zero-order chi connectivity index (χ0) is 42.7. The number of nitro groups is 1. The fraction of sp³-hybridized carbons (Fsp3) is 0.310. The third-order valence-electron chi connectivity index (χ3n) is 9.58. The van der Waals surface area contributed by atoms with Gasteiger partial charge in [0.1, 0.15) is 41.1 Å². The number of ether oxygens (including phenoxy) is 5. The molecule has 2 heterocycles. The van der Waals surface area contributed by atoms with E-state index in [0.29, 0.717) is 32.8 Å². The van der Waals surface area contributed by atoms with Crippen molar-refractivity contribution in [3.63, 3.8) is 0 Å². The summed E-state index contributed by atoms with van der Waals surface area (Å²) >= 11 is 0. The van der Waals surface area contributed by atoms with Gasteiger partial charge in [-0.15, -0.1) is 0 Å². The molecule has 1 saturated heterocycles. The van der Waals surface area contributed by atoms with Crippen LogP contribution in [0.25, 0.3) is 0 Å². The van der Waals surface area contributed by atoms with Crippen LogP contribution in [0.1, 0.15) is 55.7 Å². The molecule has 1 aliphatic heterocycles. The number of carbonyl (C=O) groups is 1. The van der Waals surface area contributed by atoms with Crippen LogP contribution in [0.4, 0.5) is 10.5 Å². The molecular formula is C42H43N3O13S. The molecule has 0 saturated carbocycles. The van der Waals surface area contributed by atoms with Crippen LogP contribution in [0.5, 0.6) is 11.5 Å². The lowest BCUT2D eigenvalue weighted by atomic mass is 9.80. The minimum absolute atomic E-state index is 0.00293. The number of rotatable bonds is 13. The topological polar surface area (TPSA) is 194 Å². The smallest absolute Gasteiger partial charge is 0.425 e. The summed E-state index contributed by atoms with van der Waals surface area (Å²) in [4.78, 5) is 50.5. The van der Waals surface area contributed by atoms with Gasteiger partial charge in [-0.3, -0.25) is 23.7 Å². The lowest BCUT2D eigenvalue weighted by molar-refractivity contribution is -0.384. The molecule has 0 radical (unpaired) electrons. The summed E-state index contributed by atoms with van der Waals surface area (Å²) in [6.07, 6.45) is -4.12. The molecule has 0 N–H and O–H groups in total. The highest BCUT2D eigenvalue weighted by molar-refractivity contribution is 7.86. The maximum Gasteiger partial charge on any atom is 0.425 e. The number of aryl methyl sites for hydroxylation is 1. The largest absolute Gasteiger partial charge is 0.497 e. The molecule has 4 aromatic carbocycles. The van der Waals surface area contributed by atoms with Crippen molar-refractivity contribution in [2.24, 2.45) is 0 Å². The van der Waals surface area contributed by atoms with Crippen molar-refractivity contribution in [1.82, 2.24) is 9.13 Å². The van der Waals surface area contributed by atoms with E-state index in [1.165, 1.54) is 13.1 Å². The van der Waals surface area contributed by atoms with E-state index in [1.54, 1.807) is 59.3 Å². The number of aromatic nitrogens is 2. The molecule has 3 atom stereocenters.